The van der Waals surface area contributed by atoms with E-state index in [0.29, 0.717) is 0 Å². The molecular formula is C20H30N2O. The van der Waals surface area contributed by atoms with Gasteiger partial charge in [-0.25, -0.2) is 0 Å². The van der Waals surface area contributed by atoms with Gasteiger partial charge in [0.1, 0.15) is 0 Å². The zero-order valence-electron chi connectivity index (χ0n) is 14.4. The van der Waals surface area contributed by atoms with Crippen LogP contribution in [0.15, 0.2) is 42.5 Å². The summed E-state index contributed by atoms with van der Waals surface area (Å²) in [6.07, 6.45) is 11.3. The van der Waals surface area contributed by atoms with Gasteiger partial charge in [0.25, 0.3) is 0 Å². The molecule has 0 radical (unpaired) electrons. The normalized spacial score (nSPS) is 15.3. The third kappa shape index (κ3) is 6.09. The minimum Gasteiger partial charge on any atom is -0.368 e. The van der Waals surface area contributed by atoms with Crippen molar-refractivity contribution in [1.29, 1.82) is 0 Å². The van der Waals surface area contributed by atoms with Crippen LogP contribution in [-0.2, 0) is 4.79 Å². The summed E-state index contributed by atoms with van der Waals surface area (Å²) in [5, 5.41) is 0. The maximum atomic E-state index is 12.2. The molecule has 1 amide bonds. The highest BCUT2D eigenvalue weighted by Gasteiger charge is 2.19. The van der Waals surface area contributed by atoms with Crippen LogP contribution in [-0.4, -0.2) is 37.0 Å². The predicted octanol–water partition coefficient (Wildman–Crippen LogP) is 4.25. The number of carbonyl (C=O) groups is 1. The number of allylic oxidation sites excluding steroid dienone is 1. The molecule has 1 fully saturated rings. The van der Waals surface area contributed by atoms with E-state index in [0.717, 1.165) is 32.6 Å². The fourth-order valence-electron chi connectivity index (χ4n) is 2.98. The SMILES string of the molecule is CCCCCCC/C=C/C(=O)N1CCN(c2ccccc2)CC1. The van der Waals surface area contributed by atoms with Crippen LogP contribution in [0, 0.1) is 0 Å². The molecule has 0 atom stereocenters. The molecule has 0 spiro atoms. The van der Waals surface area contributed by atoms with Crippen molar-refractivity contribution in [3.05, 3.63) is 42.5 Å². The summed E-state index contributed by atoms with van der Waals surface area (Å²) in [6, 6.07) is 10.4. The van der Waals surface area contributed by atoms with Gasteiger partial charge in [-0.05, 0) is 31.1 Å². The zero-order chi connectivity index (χ0) is 16.3. The molecule has 0 bridgehead atoms. The Hall–Kier alpha value is -1.77. The minimum atomic E-state index is 0.172. The molecule has 0 saturated carbocycles. The lowest BCUT2D eigenvalue weighted by Gasteiger charge is -2.35. The summed E-state index contributed by atoms with van der Waals surface area (Å²) in [5.74, 6) is 0.172. The standard InChI is InChI=1S/C20H30N2O/c1-2-3-4-5-6-7-11-14-20(23)22-17-15-21(16-18-22)19-12-9-8-10-13-19/h8-14H,2-7,15-18H2,1H3/b14-11+. The Kier molecular flexibility index (Phi) is 7.71. The van der Waals surface area contributed by atoms with E-state index >= 15 is 0 Å². The van der Waals surface area contributed by atoms with E-state index in [1.807, 2.05) is 11.0 Å². The molecule has 0 aromatic heterocycles. The van der Waals surface area contributed by atoms with Crippen LogP contribution in [0.4, 0.5) is 5.69 Å². The van der Waals surface area contributed by atoms with Gasteiger partial charge >= 0.3 is 0 Å². The van der Waals surface area contributed by atoms with Crippen molar-refractivity contribution in [2.75, 3.05) is 31.1 Å². The van der Waals surface area contributed by atoms with Crippen LogP contribution in [0.1, 0.15) is 45.4 Å². The maximum Gasteiger partial charge on any atom is 0.246 e. The molecule has 3 nitrogen and oxygen atoms in total. The molecule has 1 aliphatic rings. The van der Waals surface area contributed by atoms with E-state index in [1.165, 1.54) is 37.8 Å². The molecule has 1 aromatic carbocycles. The average Bonchev–Trinajstić information content (AvgIpc) is 2.61. The number of carbonyl (C=O) groups excluding carboxylic acids is 1. The average molecular weight is 314 g/mol. The summed E-state index contributed by atoms with van der Waals surface area (Å²) < 4.78 is 0. The first-order valence-electron chi connectivity index (χ1n) is 9.06. The van der Waals surface area contributed by atoms with Gasteiger partial charge in [0.15, 0.2) is 0 Å². The lowest BCUT2D eigenvalue weighted by atomic mass is 10.1. The molecular weight excluding hydrogens is 284 g/mol. The second-order valence-electron chi connectivity index (χ2n) is 6.25. The van der Waals surface area contributed by atoms with Crippen molar-refractivity contribution in [3.8, 4) is 0 Å². The lowest BCUT2D eigenvalue weighted by molar-refractivity contribution is -0.126. The molecule has 0 aliphatic carbocycles. The van der Waals surface area contributed by atoms with Crippen LogP contribution < -0.4 is 4.90 Å². The molecule has 1 aromatic rings. The molecule has 0 unspecified atom stereocenters. The van der Waals surface area contributed by atoms with Gasteiger partial charge in [-0.1, -0.05) is 56.9 Å². The maximum absolute atomic E-state index is 12.2. The largest absolute Gasteiger partial charge is 0.368 e. The molecule has 2 rings (SSSR count). The van der Waals surface area contributed by atoms with Crippen molar-refractivity contribution in [1.82, 2.24) is 4.90 Å². The predicted molar refractivity (Wildman–Crippen MR) is 97.8 cm³/mol. The highest BCUT2D eigenvalue weighted by molar-refractivity contribution is 5.87. The van der Waals surface area contributed by atoms with Gasteiger partial charge in [0.2, 0.25) is 5.91 Å². The van der Waals surface area contributed by atoms with Gasteiger partial charge in [-0.2, -0.15) is 0 Å². The number of rotatable bonds is 8. The minimum absolute atomic E-state index is 0.172. The number of amides is 1. The van der Waals surface area contributed by atoms with E-state index in [9.17, 15) is 4.79 Å². The molecule has 23 heavy (non-hydrogen) atoms. The molecule has 0 N–H and O–H groups in total. The van der Waals surface area contributed by atoms with E-state index in [1.54, 1.807) is 6.08 Å². The number of benzene rings is 1. The first-order valence-corrected chi connectivity index (χ1v) is 9.06. The van der Waals surface area contributed by atoms with Crippen molar-refractivity contribution in [3.63, 3.8) is 0 Å². The Balaban J connectivity index is 1.65. The number of piperazine rings is 1. The third-order valence-corrected chi connectivity index (χ3v) is 4.45. The lowest BCUT2D eigenvalue weighted by Crippen LogP contribution is -2.48. The summed E-state index contributed by atoms with van der Waals surface area (Å²) >= 11 is 0. The zero-order valence-corrected chi connectivity index (χ0v) is 14.4. The van der Waals surface area contributed by atoms with Gasteiger partial charge in [0, 0.05) is 31.9 Å². The van der Waals surface area contributed by atoms with Crippen LogP contribution >= 0.6 is 0 Å². The number of unbranched alkanes of at least 4 members (excludes halogenated alkanes) is 5. The molecule has 1 aliphatic heterocycles. The first kappa shape index (κ1) is 17.6. The Labute approximate surface area is 141 Å². The fourth-order valence-corrected chi connectivity index (χ4v) is 2.98. The second-order valence-corrected chi connectivity index (χ2v) is 6.25. The molecule has 1 saturated heterocycles. The Morgan fingerprint density at radius 2 is 1.70 bits per heavy atom. The summed E-state index contributed by atoms with van der Waals surface area (Å²) in [5.41, 5.74) is 1.25. The number of anilines is 1. The Morgan fingerprint density at radius 3 is 2.39 bits per heavy atom. The van der Waals surface area contributed by atoms with Crippen LogP contribution in [0.5, 0.6) is 0 Å². The number of hydrogen-bond donors (Lipinski definition) is 0. The summed E-state index contributed by atoms with van der Waals surface area (Å²) in [4.78, 5) is 16.5. The van der Waals surface area contributed by atoms with E-state index < -0.39 is 0 Å². The van der Waals surface area contributed by atoms with Crippen molar-refractivity contribution in [2.24, 2.45) is 0 Å². The quantitative estimate of drug-likeness (QED) is 0.529. The molecule has 126 valence electrons. The van der Waals surface area contributed by atoms with Gasteiger partial charge in [-0.3, -0.25) is 4.79 Å². The van der Waals surface area contributed by atoms with E-state index in [-0.39, 0.29) is 5.91 Å². The summed E-state index contributed by atoms with van der Waals surface area (Å²) in [7, 11) is 0. The van der Waals surface area contributed by atoms with Gasteiger partial charge < -0.3 is 9.80 Å². The van der Waals surface area contributed by atoms with Gasteiger partial charge in [-0.15, -0.1) is 0 Å². The van der Waals surface area contributed by atoms with Crippen molar-refractivity contribution >= 4 is 11.6 Å². The van der Waals surface area contributed by atoms with Crippen LogP contribution in [0.2, 0.25) is 0 Å². The fraction of sp³-hybridized carbons (Fsp3) is 0.550. The van der Waals surface area contributed by atoms with Crippen LogP contribution in [0.3, 0.4) is 0 Å². The highest BCUT2D eigenvalue weighted by atomic mass is 16.2. The smallest absolute Gasteiger partial charge is 0.246 e. The number of nitrogens with zero attached hydrogens (tertiary/aromatic N) is 2. The number of para-hydroxylation sites is 1. The number of hydrogen-bond acceptors (Lipinski definition) is 2. The monoisotopic (exact) mass is 314 g/mol. The summed E-state index contributed by atoms with van der Waals surface area (Å²) in [6.45, 7) is 5.69. The second kappa shape index (κ2) is 10.1. The van der Waals surface area contributed by atoms with Crippen LogP contribution in [0.25, 0.3) is 0 Å². The Morgan fingerprint density at radius 1 is 1.00 bits per heavy atom. The third-order valence-electron chi connectivity index (χ3n) is 4.45. The van der Waals surface area contributed by atoms with Crippen molar-refractivity contribution in [2.45, 2.75) is 45.4 Å². The molecule has 3 heteroatoms. The van der Waals surface area contributed by atoms with E-state index in [4.69, 9.17) is 0 Å². The highest BCUT2D eigenvalue weighted by Crippen LogP contribution is 2.15. The van der Waals surface area contributed by atoms with E-state index in [2.05, 4.69) is 42.2 Å². The van der Waals surface area contributed by atoms with Crippen molar-refractivity contribution < 1.29 is 4.79 Å². The first-order chi connectivity index (χ1) is 11.3. The molecule has 1 heterocycles. The van der Waals surface area contributed by atoms with Gasteiger partial charge in [0.05, 0.1) is 0 Å². The topological polar surface area (TPSA) is 23.6 Å². The Bertz CT molecular complexity index is 476.